The molecule has 0 aromatic carbocycles. The van der Waals surface area contributed by atoms with Gasteiger partial charge in [-0.25, -0.2) is 0 Å². The highest BCUT2D eigenvalue weighted by Gasteiger charge is 2.47. The Morgan fingerprint density at radius 1 is 0.508 bits per heavy atom. The Morgan fingerprint density at radius 2 is 0.918 bits per heavy atom. The largest absolute Gasteiger partial charge is 1.00 e. The smallest absolute Gasteiger partial charge is 0.186 e. The zero-order valence-corrected chi connectivity index (χ0v) is 39.5. The Hall–Kier alpha value is -0.490. The van der Waals surface area contributed by atoms with Gasteiger partial charge in [0.05, 0.1) is 40.5 Å². The van der Waals surface area contributed by atoms with Gasteiger partial charge < -0.3 is 76.3 Å². The van der Waals surface area contributed by atoms with E-state index in [0.29, 0.717) is 17.6 Å². The van der Waals surface area contributed by atoms with Crippen molar-refractivity contribution in [3.63, 3.8) is 0 Å². The average Bonchev–Trinajstić information content (AvgIpc) is 3.22. The molecule has 61 heavy (non-hydrogen) atoms. The molecule has 0 radical (unpaired) electrons. The van der Waals surface area contributed by atoms with Crippen LogP contribution in [0.1, 0.15) is 168 Å². The van der Waals surface area contributed by atoms with Crippen LogP contribution in [0.5, 0.6) is 0 Å². The minimum absolute atomic E-state index is 0. The molecule has 364 valence electrons. The van der Waals surface area contributed by atoms with E-state index in [1.807, 2.05) is 0 Å². The van der Waals surface area contributed by atoms with E-state index >= 15 is 0 Å². The quantitative estimate of drug-likeness (QED) is 0.0275. The van der Waals surface area contributed by atoms with E-state index in [9.17, 15) is 35.7 Å². The lowest BCUT2D eigenvalue weighted by atomic mass is 9.98. The summed E-state index contributed by atoms with van der Waals surface area (Å²) in [6.07, 6.45) is 19.1. The number of aliphatic hydroxyl groups is 7. The Kier molecular flexibility index (Phi) is 34.3. The van der Waals surface area contributed by atoms with Crippen LogP contribution in [0, 0.1) is 0 Å². The van der Waals surface area contributed by atoms with Crippen molar-refractivity contribution in [1.82, 2.24) is 0 Å². The van der Waals surface area contributed by atoms with Crippen LogP contribution in [-0.4, -0.2) is 161 Å². The molecule has 2 aliphatic rings. The highest BCUT2D eigenvalue weighted by Crippen LogP contribution is 2.27. The number of unbranched alkanes of at least 4 members (excludes halogenated alkanes) is 21. The van der Waals surface area contributed by atoms with E-state index in [4.69, 9.17) is 23.7 Å². The van der Waals surface area contributed by atoms with E-state index in [-0.39, 0.29) is 32.2 Å². The Labute approximate surface area is 376 Å². The Morgan fingerprint density at radius 3 is 1.41 bits per heavy atom. The number of allylic oxidation sites excluding steroid dienone is 2. The Bertz CT molecular complexity index is 1050. The molecule has 2 heterocycles. The summed E-state index contributed by atoms with van der Waals surface area (Å²) in [6.45, 7) is 5.68. The molecule has 0 aliphatic carbocycles. The predicted molar refractivity (Wildman–Crippen MR) is 235 cm³/mol. The zero-order chi connectivity index (χ0) is 44.0. The van der Waals surface area contributed by atoms with Crippen LogP contribution in [0.25, 0.3) is 0 Å². The van der Waals surface area contributed by atoms with Gasteiger partial charge in [-0.05, 0) is 44.9 Å². The van der Waals surface area contributed by atoms with Gasteiger partial charge in [-0.2, -0.15) is 0 Å². The summed E-state index contributed by atoms with van der Waals surface area (Å²) in [5.41, 5.74) is 0. The van der Waals surface area contributed by atoms with Crippen LogP contribution in [0.4, 0.5) is 0 Å². The normalized spacial score (nSPS) is 27.7. The molecule has 0 saturated carbocycles. The lowest BCUT2D eigenvalue weighted by Gasteiger charge is -2.43. The van der Waals surface area contributed by atoms with Crippen molar-refractivity contribution in [3.05, 3.63) is 12.2 Å². The molecule has 2 rings (SSSR count). The lowest BCUT2D eigenvalue weighted by molar-refractivity contribution is -0.893. The molecule has 0 spiro atoms. The lowest BCUT2D eigenvalue weighted by Crippen LogP contribution is -3.00. The molecule has 2 saturated heterocycles. The maximum atomic E-state index is 10.7. The molecule has 2 fully saturated rings. The standard InChI is InChI=1S/C47H92NO12.ClH/c1-5-7-9-11-13-15-17-18-19-20-21-22-24-26-28-30-32-57-46-44(54)43(53)41(51)39(60-46)36-58-47-45(55)42(52)40(50)38(59-47)35-56-34-37(49)33-48(3,4)31-29-27-25-23-16-14-12-10-8-6-2;/h18-19,37-47,49-55H,5-17,20-36H2,1-4H3;1H/q+1;/p-1/b19-18-;/t37?,38-,39-,40-,41-,42+,43+,44-,45-,46-,47+;/m1./s1. The topological polar surface area (TPSA) is 188 Å². The molecule has 14 heteroatoms. The van der Waals surface area contributed by atoms with E-state index in [0.717, 1.165) is 45.1 Å². The van der Waals surface area contributed by atoms with Crippen molar-refractivity contribution in [1.29, 1.82) is 0 Å². The summed E-state index contributed by atoms with van der Waals surface area (Å²) in [5, 5.41) is 74.3. The number of aliphatic hydroxyl groups excluding tert-OH is 7. The molecule has 2 aliphatic heterocycles. The number of nitrogens with zero attached hydrogens (tertiary/aromatic N) is 1. The summed E-state index contributed by atoms with van der Waals surface area (Å²) >= 11 is 0. The van der Waals surface area contributed by atoms with Gasteiger partial charge >= 0.3 is 0 Å². The van der Waals surface area contributed by atoms with Gasteiger partial charge in [0, 0.05) is 6.61 Å². The summed E-state index contributed by atoms with van der Waals surface area (Å²) < 4.78 is 29.4. The third-order valence-corrected chi connectivity index (χ3v) is 12.1. The molecule has 13 nitrogen and oxygen atoms in total. The number of likely N-dealkylation sites (N-methyl/N-ethyl adjacent to an activating group) is 1. The molecular weight excluding hydrogens is 806 g/mol. The maximum absolute atomic E-state index is 10.7. The number of halogens is 1. The predicted octanol–water partition coefficient (Wildman–Crippen LogP) is 3.05. The summed E-state index contributed by atoms with van der Waals surface area (Å²) in [6, 6.07) is 0. The van der Waals surface area contributed by atoms with Gasteiger partial charge in [0.25, 0.3) is 0 Å². The van der Waals surface area contributed by atoms with Crippen LogP contribution >= 0.6 is 0 Å². The number of quaternary nitrogens is 1. The minimum atomic E-state index is -1.62. The van der Waals surface area contributed by atoms with Gasteiger partial charge in [0.15, 0.2) is 12.6 Å². The number of ether oxygens (including phenoxy) is 5. The third-order valence-electron chi connectivity index (χ3n) is 12.1. The van der Waals surface area contributed by atoms with Crippen molar-refractivity contribution in [2.24, 2.45) is 0 Å². The van der Waals surface area contributed by atoms with Crippen molar-refractivity contribution in [2.75, 3.05) is 53.6 Å². The molecule has 11 atom stereocenters. The second-order valence-corrected chi connectivity index (χ2v) is 18.4. The molecular formula is C47H92ClNO12. The number of rotatable bonds is 37. The molecule has 0 aromatic rings. The molecule has 0 amide bonds. The van der Waals surface area contributed by atoms with Gasteiger partial charge in [0.1, 0.15) is 61.5 Å². The fourth-order valence-corrected chi connectivity index (χ4v) is 8.18. The zero-order valence-electron chi connectivity index (χ0n) is 38.7. The molecule has 0 bridgehead atoms. The first kappa shape index (κ1) is 58.5. The number of hydrogen-bond donors (Lipinski definition) is 7. The van der Waals surface area contributed by atoms with Crippen molar-refractivity contribution in [3.8, 4) is 0 Å². The van der Waals surface area contributed by atoms with Gasteiger partial charge in [-0.1, -0.05) is 135 Å². The average molecular weight is 899 g/mol. The minimum Gasteiger partial charge on any atom is -1.00 e. The first-order chi connectivity index (χ1) is 28.9. The first-order valence-corrected chi connectivity index (χ1v) is 24.3. The monoisotopic (exact) mass is 898 g/mol. The van der Waals surface area contributed by atoms with Gasteiger partial charge in [0.2, 0.25) is 0 Å². The fraction of sp³-hybridized carbons (Fsp3) is 0.957. The van der Waals surface area contributed by atoms with Crippen molar-refractivity contribution in [2.45, 2.75) is 235 Å². The van der Waals surface area contributed by atoms with E-state index in [1.54, 1.807) is 0 Å². The maximum Gasteiger partial charge on any atom is 0.186 e. The van der Waals surface area contributed by atoms with E-state index < -0.39 is 67.5 Å². The van der Waals surface area contributed by atoms with Crippen LogP contribution in [0.15, 0.2) is 12.2 Å². The second kappa shape index (κ2) is 35.7. The van der Waals surface area contributed by atoms with E-state index in [2.05, 4.69) is 40.1 Å². The summed E-state index contributed by atoms with van der Waals surface area (Å²) in [5.74, 6) is 0. The van der Waals surface area contributed by atoms with Crippen LogP contribution < -0.4 is 12.4 Å². The second-order valence-electron chi connectivity index (χ2n) is 18.4. The van der Waals surface area contributed by atoms with Gasteiger partial charge in [-0.15, -0.1) is 0 Å². The van der Waals surface area contributed by atoms with Crippen molar-refractivity contribution >= 4 is 0 Å². The fourth-order valence-electron chi connectivity index (χ4n) is 8.18. The van der Waals surface area contributed by atoms with Gasteiger partial charge in [-0.3, -0.25) is 0 Å². The molecule has 1 unspecified atom stereocenters. The van der Waals surface area contributed by atoms with Crippen LogP contribution in [-0.2, 0) is 23.7 Å². The van der Waals surface area contributed by atoms with Crippen LogP contribution in [0.2, 0.25) is 0 Å². The van der Waals surface area contributed by atoms with E-state index in [1.165, 1.54) is 116 Å². The summed E-state index contributed by atoms with van der Waals surface area (Å²) in [4.78, 5) is 0. The highest BCUT2D eigenvalue weighted by atomic mass is 35.5. The Balaban J connectivity index is 0.0000186. The first-order valence-electron chi connectivity index (χ1n) is 24.3. The molecule has 7 N–H and O–H groups in total. The van der Waals surface area contributed by atoms with Crippen molar-refractivity contribution < 1.29 is 76.3 Å². The SMILES string of the molecule is CCCCCCCC/C=C\CCCCCCCCO[C@@H]1O[C@H](CO[C@H]2O[C@H](COCC(O)C[N+](C)(C)CCCCCCCCCCCC)[C@@H](O)[C@H](O)[C@H]2O)[C@@H](O)[C@H](O)[C@H]1O.[Cl-]. The summed E-state index contributed by atoms with van der Waals surface area (Å²) in [7, 11) is 4.18. The molecule has 0 aromatic heterocycles. The third kappa shape index (κ3) is 25.7. The highest BCUT2D eigenvalue weighted by molar-refractivity contribution is 4.92. The van der Waals surface area contributed by atoms with Crippen LogP contribution in [0.3, 0.4) is 0 Å². The number of hydrogen-bond acceptors (Lipinski definition) is 12.